The summed E-state index contributed by atoms with van der Waals surface area (Å²) in [5, 5.41) is 11.6. The summed E-state index contributed by atoms with van der Waals surface area (Å²) in [6.45, 7) is 3.00. The molecule has 1 saturated heterocycles. The largest absolute Gasteiger partial charge is 0.481 e. The number of aliphatic carboxylic acids is 1. The SMILES string of the molecule is C[C@H](NC(=O)c1ccc(CN=C(N)N)cc1)C(=O)N1CCC(CC(=O)O)CC1. The van der Waals surface area contributed by atoms with Crippen molar-refractivity contribution in [2.75, 3.05) is 13.1 Å². The van der Waals surface area contributed by atoms with E-state index in [4.69, 9.17) is 16.6 Å². The molecule has 0 bridgehead atoms. The second kappa shape index (κ2) is 9.72. The second-order valence-electron chi connectivity index (χ2n) is 7.00. The van der Waals surface area contributed by atoms with Crippen LogP contribution in [0, 0.1) is 5.92 Å². The van der Waals surface area contributed by atoms with Gasteiger partial charge in [0.05, 0.1) is 6.54 Å². The molecule has 0 spiro atoms. The topological polar surface area (TPSA) is 151 Å². The van der Waals surface area contributed by atoms with Crippen molar-refractivity contribution in [1.82, 2.24) is 10.2 Å². The van der Waals surface area contributed by atoms with Gasteiger partial charge in [0.25, 0.3) is 5.91 Å². The number of nitrogens with one attached hydrogen (secondary N) is 1. The molecule has 0 aromatic heterocycles. The number of piperidine rings is 1. The van der Waals surface area contributed by atoms with Gasteiger partial charge in [0, 0.05) is 25.1 Å². The van der Waals surface area contributed by atoms with Crippen molar-refractivity contribution < 1.29 is 19.5 Å². The smallest absolute Gasteiger partial charge is 0.303 e. The molecule has 0 unspecified atom stereocenters. The number of hydrogen-bond donors (Lipinski definition) is 4. The van der Waals surface area contributed by atoms with Crippen molar-refractivity contribution in [2.24, 2.45) is 22.4 Å². The van der Waals surface area contributed by atoms with Crippen LogP contribution in [0.15, 0.2) is 29.3 Å². The third kappa shape index (κ3) is 6.26. The van der Waals surface area contributed by atoms with Crippen LogP contribution in [0.2, 0.25) is 0 Å². The molecule has 28 heavy (non-hydrogen) atoms. The van der Waals surface area contributed by atoms with Gasteiger partial charge in [-0.2, -0.15) is 0 Å². The number of benzene rings is 1. The van der Waals surface area contributed by atoms with Crippen molar-refractivity contribution >= 4 is 23.7 Å². The summed E-state index contributed by atoms with van der Waals surface area (Å²) < 4.78 is 0. The summed E-state index contributed by atoms with van der Waals surface area (Å²) in [5.74, 6) is -1.21. The molecule has 1 aromatic rings. The Labute approximate surface area is 163 Å². The molecular formula is C19H27N5O4. The number of nitrogens with two attached hydrogens (primary N) is 2. The normalized spacial score (nSPS) is 15.5. The lowest BCUT2D eigenvalue weighted by atomic mass is 9.93. The Morgan fingerprint density at radius 1 is 1.21 bits per heavy atom. The molecule has 0 radical (unpaired) electrons. The highest BCUT2D eigenvalue weighted by atomic mass is 16.4. The number of aliphatic imine (C=N–C) groups is 1. The molecule has 1 heterocycles. The Bertz CT molecular complexity index is 735. The van der Waals surface area contributed by atoms with E-state index in [2.05, 4.69) is 10.3 Å². The van der Waals surface area contributed by atoms with Crippen molar-refractivity contribution in [1.29, 1.82) is 0 Å². The van der Waals surface area contributed by atoms with Crippen molar-refractivity contribution in [2.45, 2.75) is 38.8 Å². The summed E-state index contributed by atoms with van der Waals surface area (Å²) in [6.07, 6.45) is 1.46. The number of nitrogens with zero attached hydrogens (tertiary/aromatic N) is 2. The molecule has 0 aliphatic carbocycles. The lowest BCUT2D eigenvalue weighted by Gasteiger charge is -2.33. The first-order valence-electron chi connectivity index (χ1n) is 9.22. The van der Waals surface area contributed by atoms with Crippen LogP contribution in [-0.4, -0.2) is 52.9 Å². The number of rotatable bonds is 7. The van der Waals surface area contributed by atoms with E-state index in [0.29, 0.717) is 38.0 Å². The maximum atomic E-state index is 12.6. The van der Waals surface area contributed by atoms with Crippen LogP contribution in [0.25, 0.3) is 0 Å². The summed E-state index contributed by atoms with van der Waals surface area (Å²) in [6, 6.07) is 6.15. The molecule has 9 nitrogen and oxygen atoms in total. The highest BCUT2D eigenvalue weighted by Crippen LogP contribution is 2.21. The average molecular weight is 389 g/mol. The Balaban J connectivity index is 1.85. The predicted molar refractivity (Wildman–Crippen MR) is 104 cm³/mol. The van der Waals surface area contributed by atoms with Gasteiger partial charge in [0.1, 0.15) is 6.04 Å². The van der Waals surface area contributed by atoms with Crippen LogP contribution in [-0.2, 0) is 16.1 Å². The lowest BCUT2D eigenvalue weighted by molar-refractivity contribution is -0.139. The van der Waals surface area contributed by atoms with Gasteiger partial charge in [-0.3, -0.25) is 14.4 Å². The first-order valence-corrected chi connectivity index (χ1v) is 9.22. The minimum Gasteiger partial charge on any atom is -0.481 e. The van der Waals surface area contributed by atoms with E-state index in [-0.39, 0.29) is 30.1 Å². The molecular weight excluding hydrogens is 362 g/mol. The monoisotopic (exact) mass is 389 g/mol. The fourth-order valence-corrected chi connectivity index (χ4v) is 3.16. The Morgan fingerprint density at radius 2 is 1.82 bits per heavy atom. The Morgan fingerprint density at radius 3 is 2.36 bits per heavy atom. The maximum absolute atomic E-state index is 12.6. The van der Waals surface area contributed by atoms with E-state index in [9.17, 15) is 14.4 Å². The van der Waals surface area contributed by atoms with Gasteiger partial charge in [-0.15, -0.1) is 0 Å². The number of carboxylic acids is 1. The maximum Gasteiger partial charge on any atom is 0.303 e. The van der Waals surface area contributed by atoms with E-state index in [1.165, 1.54) is 0 Å². The van der Waals surface area contributed by atoms with E-state index in [0.717, 1.165) is 5.56 Å². The summed E-state index contributed by atoms with van der Waals surface area (Å²) in [7, 11) is 0. The molecule has 1 fully saturated rings. The molecule has 2 rings (SSSR count). The second-order valence-corrected chi connectivity index (χ2v) is 7.00. The third-order valence-corrected chi connectivity index (χ3v) is 4.77. The van der Waals surface area contributed by atoms with Crippen molar-refractivity contribution in [3.8, 4) is 0 Å². The highest BCUT2D eigenvalue weighted by Gasteiger charge is 2.27. The number of carbonyl (C=O) groups excluding carboxylic acids is 2. The van der Waals surface area contributed by atoms with Gasteiger partial charge in [0.15, 0.2) is 5.96 Å². The Kier molecular flexibility index (Phi) is 7.36. The zero-order valence-corrected chi connectivity index (χ0v) is 15.9. The highest BCUT2D eigenvalue weighted by molar-refractivity contribution is 5.97. The first-order chi connectivity index (χ1) is 13.3. The number of carbonyl (C=O) groups is 3. The molecule has 1 aliphatic rings. The molecule has 152 valence electrons. The minimum atomic E-state index is -0.810. The van der Waals surface area contributed by atoms with Crippen LogP contribution < -0.4 is 16.8 Å². The molecule has 0 saturated carbocycles. The van der Waals surface area contributed by atoms with Gasteiger partial charge in [0.2, 0.25) is 5.91 Å². The van der Waals surface area contributed by atoms with Crippen LogP contribution in [0.1, 0.15) is 42.1 Å². The molecule has 1 atom stereocenters. The quantitative estimate of drug-likeness (QED) is 0.389. The third-order valence-electron chi connectivity index (χ3n) is 4.77. The zero-order chi connectivity index (χ0) is 20.7. The standard InChI is InChI=1S/C19H27N5O4/c1-12(18(28)24-8-6-13(7-9-24)10-16(25)26)23-17(27)15-4-2-14(3-5-15)11-22-19(20)21/h2-5,12-13H,6-11H2,1H3,(H,23,27)(H,25,26)(H4,20,21,22)/t12-/m0/s1. The van der Waals surface area contributed by atoms with Crippen LogP contribution in [0.5, 0.6) is 0 Å². The number of likely N-dealkylation sites (tertiary alicyclic amines) is 1. The van der Waals surface area contributed by atoms with Gasteiger partial charge in [-0.1, -0.05) is 12.1 Å². The summed E-state index contributed by atoms with van der Waals surface area (Å²) in [5.41, 5.74) is 11.9. The Hall–Kier alpha value is -3.10. The molecule has 2 amide bonds. The van der Waals surface area contributed by atoms with Gasteiger partial charge in [-0.05, 0) is 43.4 Å². The van der Waals surface area contributed by atoms with Crippen molar-refractivity contribution in [3.63, 3.8) is 0 Å². The van der Waals surface area contributed by atoms with Crippen LogP contribution >= 0.6 is 0 Å². The fourth-order valence-electron chi connectivity index (χ4n) is 3.16. The molecule has 1 aromatic carbocycles. The molecule has 6 N–H and O–H groups in total. The van der Waals surface area contributed by atoms with E-state index in [1.807, 2.05) is 0 Å². The van der Waals surface area contributed by atoms with E-state index < -0.39 is 12.0 Å². The summed E-state index contributed by atoms with van der Waals surface area (Å²) in [4.78, 5) is 41.3. The summed E-state index contributed by atoms with van der Waals surface area (Å²) >= 11 is 0. The van der Waals surface area contributed by atoms with Gasteiger partial charge >= 0.3 is 5.97 Å². The average Bonchev–Trinajstić information content (AvgIpc) is 2.66. The van der Waals surface area contributed by atoms with E-state index >= 15 is 0 Å². The number of amides is 2. The number of hydrogen-bond acceptors (Lipinski definition) is 4. The number of guanidine groups is 1. The van der Waals surface area contributed by atoms with Crippen molar-refractivity contribution in [3.05, 3.63) is 35.4 Å². The first kappa shape index (κ1) is 21.2. The van der Waals surface area contributed by atoms with E-state index in [1.54, 1.807) is 36.1 Å². The van der Waals surface area contributed by atoms with Crippen LogP contribution in [0.4, 0.5) is 0 Å². The van der Waals surface area contributed by atoms with Gasteiger partial charge < -0.3 is 26.8 Å². The predicted octanol–water partition coefficient (Wildman–Crippen LogP) is 0.292. The fraction of sp³-hybridized carbons (Fsp3) is 0.474. The van der Waals surface area contributed by atoms with Crippen LogP contribution in [0.3, 0.4) is 0 Å². The molecule has 1 aliphatic heterocycles. The van der Waals surface area contributed by atoms with Gasteiger partial charge in [-0.25, -0.2) is 4.99 Å². The zero-order valence-electron chi connectivity index (χ0n) is 15.9. The number of carboxylic acid groups (broad SMARTS) is 1. The molecule has 9 heteroatoms. The minimum absolute atomic E-state index is 0.00107. The lowest BCUT2D eigenvalue weighted by Crippen LogP contribution is -2.49.